The topological polar surface area (TPSA) is 65.3 Å². The maximum Gasteiger partial charge on any atom is 0.324 e. The fourth-order valence-electron chi connectivity index (χ4n) is 4.17. The number of benzene rings is 2. The Kier molecular flexibility index (Phi) is 7.35. The molecule has 2 aromatic carbocycles. The summed E-state index contributed by atoms with van der Waals surface area (Å²) in [5.74, 6) is -2.62. The number of amidine groups is 1. The molecular weight excluding hydrogens is 482 g/mol. The number of alkyl halides is 2. The van der Waals surface area contributed by atoms with Crippen molar-refractivity contribution in [3.05, 3.63) is 70.7 Å². The van der Waals surface area contributed by atoms with E-state index in [0.29, 0.717) is 30.2 Å². The van der Waals surface area contributed by atoms with Crippen LogP contribution in [-0.4, -0.2) is 54.8 Å². The van der Waals surface area contributed by atoms with Crippen molar-refractivity contribution in [1.82, 2.24) is 9.31 Å². The van der Waals surface area contributed by atoms with Gasteiger partial charge in [-0.15, -0.1) is 4.40 Å². The summed E-state index contributed by atoms with van der Waals surface area (Å²) in [5.41, 5.74) is 2.73. The van der Waals surface area contributed by atoms with Crippen molar-refractivity contribution >= 4 is 33.4 Å². The second kappa shape index (κ2) is 10.1. The lowest BCUT2D eigenvalue weighted by atomic mass is 9.90. The van der Waals surface area contributed by atoms with Crippen LogP contribution in [0.2, 0.25) is 5.02 Å². The van der Waals surface area contributed by atoms with Crippen molar-refractivity contribution in [2.75, 3.05) is 19.6 Å². The highest BCUT2D eigenvalue weighted by Crippen LogP contribution is 2.32. The highest BCUT2D eigenvalue weighted by molar-refractivity contribution is 7.87. The van der Waals surface area contributed by atoms with Crippen molar-refractivity contribution in [2.24, 2.45) is 9.50 Å². The molecule has 1 saturated heterocycles. The first-order chi connectivity index (χ1) is 16.2. The first kappa shape index (κ1) is 24.8. The summed E-state index contributed by atoms with van der Waals surface area (Å²) in [5, 5.41) is 7.04. The van der Waals surface area contributed by atoms with Crippen LogP contribution in [-0.2, 0) is 10.2 Å². The Hall–Kier alpha value is -2.36. The molecule has 1 unspecified atom stereocenters. The Bertz CT molecular complexity index is 1160. The van der Waals surface area contributed by atoms with Crippen LogP contribution < -0.4 is 0 Å². The van der Waals surface area contributed by atoms with Crippen molar-refractivity contribution in [3.63, 3.8) is 0 Å². The summed E-state index contributed by atoms with van der Waals surface area (Å²) in [6.07, 6.45) is 0.0555. The number of nitrogens with zero attached hydrogens (tertiary/aromatic N) is 4. The molecule has 2 aliphatic rings. The van der Waals surface area contributed by atoms with Gasteiger partial charge in [0.25, 0.3) is 5.92 Å². The molecule has 0 radical (unpaired) electrons. The number of hydrogen-bond acceptors (Lipinski definition) is 3. The van der Waals surface area contributed by atoms with Gasteiger partial charge in [0.1, 0.15) is 5.84 Å². The molecule has 0 saturated carbocycles. The molecule has 6 nitrogen and oxygen atoms in total. The molecular formula is C24H27ClF2N4O2S. The summed E-state index contributed by atoms with van der Waals surface area (Å²) in [7, 11) is -4.10. The summed E-state index contributed by atoms with van der Waals surface area (Å²) >= 11 is 6.07. The van der Waals surface area contributed by atoms with Gasteiger partial charge in [-0.05, 0) is 29.7 Å². The standard InChI is InChI=1S/C24H27ClF2N4O2S/c1-2-6-22(29-34(32,33)30-15-13-24(26,27)14-16-30)31-17-21(18-7-4-3-5-8-18)23(28-31)19-9-11-20(25)12-10-19/h3-5,7-12,21H,2,6,13-17H2,1H3/b29-22-. The van der Waals surface area contributed by atoms with Crippen LogP contribution in [0, 0.1) is 0 Å². The normalized spacial score (nSPS) is 21.5. The number of rotatable bonds is 6. The van der Waals surface area contributed by atoms with E-state index in [2.05, 4.69) is 4.40 Å². The average molecular weight is 509 g/mol. The lowest BCUT2D eigenvalue weighted by Gasteiger charge is -2.29. The molecule has 0 aromatic heterocycles. The fourth-order valence-corrected chi connectivity index (χ4v) is 5.51. The van der Waals surface area contributed by atoms with E-state index in [1.165, 1.54) is 0 Å². The third-order valence-corrected chi connectivity index (χ3v) is 7.74. The van der Waals surface area contributed by atoms with E-state index in [-0.39, 0.29) is 19.0 Å². The first-order valence-electron chi connectivity index (χ1n) is 11.3. The van der Waals surface area contributed by atoms with Crippen molar-refractivity contribution in [3.8, 4) is 0 Å². The van der Waals surface area contributed by atoms with E-state index < -0.39 is 29.0 Å². The van der Waals surface area contributed by atoms with Gasteiger partial charge in [0, 0.05) is 43.3 Å². The maximum atomic E-state index is 13.5. The fraction of sp³-hybridized carbons (Fsp3) is 0.417. The quantitative estimate of drug-likeness (QED) is 0.392. The molecule has 2 heterocycles. The first-order valence-corrected chi connectivity index (χ1v) is 13.1. The van der Waals surface area contributed by atoms with Crippen molar-refractivity contribution in [2.45, 2.75) is 44.4 Å². The van der Waals surface area contributed by atoms with Crippen LogP contribution in [0.15, 0.2) is 64.1 Å². The third-order valence-electron chi connectivity index (χ3n) is 6.03. The van der Waals surface area contributed by atoms with E-state index in [0.717, 1.165) is 21.1 Å². The Morgan fingerprint density at radius 1 is 1.12 bits per heavy atom. The third kappa shape index (κ3) is 5.64. The summed E-state index contributed by atoms with van der Waals surface area (Å²) in [6, 6.07) is 17.2. The van der Waals surface area contributed by atoms with E-state index >= 15 is 0 Å². The SMILES string of the molecule is CCC/C(=N/S(=O)(=O)N1CCC(F)(F)CC1)N1CC(c2ccccc2)C(c2ccc(Cl)cc2)=N1. The number of piperidine rings is 1. The number of halogens is 3. The van der Waals surface area contributed by atoms with Crippen molar-refractivity contribution < 1.29 is 17.2 Å². The van der Waals surface area contributed by atoms with Crippen LogP contribution in [0.5, 0.6) is 0 Å². The van der Waals surface area contributed by atoms with E-state index in [1.807, 2.05) is 49.4 Å². The van der Waals surface area contributed by atoms with Crippen LogP contribution in [0.25, 0.3) is 0 Å². The summed E-state index contributed by atoms with van der Waals surface area (Å²) in [4.78, 5) is 0. The van der Waals surface area contributed by atoms with Gasteiger partial charge < -0.3 is 0 Å². The largest absolute Gasteiger partial charge is 0.324 e. The minimum Gasteiger partial charge on any atom is -0.249 e. The predicted molar refractivity (Wildman–Crippen MR) is 131 cm³/mol. The van der Waals surface area contributed by atoms with Gasteiger partial charge in [0.15, 0.2) is 0 Å². The molecule has 1 atom stereocenters. The number of hydrogen-bond donors (Lipinski definition) is 0. The summed E-state index contributed by atoms with van der Waals surface area (Å²) in [6.45, 7) is 1.86. The smallest absolute Gasteiger partial charge is 0.249 e. The Labute approximate surface area is 204 Å². The van der Waals surface area contributed by atoms with Gasteiger partial charge in [-0.3, -0.25) is 0 Å². The van der Waals surface area contributed by atoms with E-state index in [4.69, 9.17) is 16.7 Å². The van der Waals surface area contributed by atoms with Gasteiger partial charge in [0.05, 0.1) is 12.3 Å². The Balaban J connectivity index is 1.67. The molecule has 1 fully saturated rings. The molecule has 10 heteroatoms. The molecule has 34 heavy (non-hydrogen) atoms. The van der Waals surface area contributed by atoms with E-state index in [1.54, 1.807) is 17.1 Å². The summed E-state index contributed by atoms with van der Waals surface area (Å²) < 4.78 is 58.2. The van der Waals surface area contributed by atoms with Crippen LogP contribution >= 0.6 is 11.6 Å². The molecule has 2 aromatic rings. The molecule has 0 N–H and O–H groups in total. The zero-order valence-electron chi connectivity index (χ0n) is 18.9. The van der Waals surface area contributed by atoms with Gasteiger partial charge in [-0.2, -0.15) is 17.8 Å². The average Bonchev–Trinajstić information content (AvgIpc) is 3.25. The Morgan fingerprint density at radius 2 is 1.76 bits per heavy atom. The highest BCUT2D eigenvalue weighted by Gasteiger charge is 2.39. The molecule has 0 amide bonds. The molecule has 0 bridgehead atoms. The highest BCUT2D eigenvalue weighted by atomic mass is 35.5. The van der Waals surface area contributed by atoms with Gasteiger partial charge in [-0.25, -0.2) is 13.8 Å². The molecule has 2 aliphatic heterocycles. The second-order valence-electron chi connectivity index (χ2n) is 8.53. The minimum absolute atomic E-state index is 0.0965. The van der Waals surface area contributed by atoms with Crippen LogP contribution in [0.4, 0.5) is 8.78 Å². The molecule has 0 spiro atoms. The van der Waals surface area contributed by atoms with Crippen LogP contribution in [0.1, 0.15) is 49.7 Å². The Morgan fingerprint density at radius 3 is 2.38 bits per heavy atom. The monoisotopic (exact) mass is 508 g/mol. The predicted octanol–water partition coefficient (Wildman–Crippen LogP) is 5.32. The minimum atomic E-state index is -4.10. The second-order valence-corrected chi connectivity index (χ2v) is 10.6. The lowest BCUT2D eigenvalue weighted by molar-refractivity contribution is -0.0411. The van der Waals surface area contributed by atoms with Gasteiger partial charge in [0.2, 0.25) is 0 Å². The maximum absolute atomic E-state index is 13.5. The lowest BCUT2D eigenvalue weighted by Crippen LogP contribution is -2.42. The van der Waals surface area contributed by atoms with E-state index in [9.17, 15) is 17.2 Å². The van der Waals surface area contributed by atoms with Gasteiger partial charge >= 0.3 is 10.2 Å². The van der Waals surface area contributed by atoms with Gasteiger partial charge in [-0.1, -0.05) is 61.0 Å². The zero-order chi connectivity index (χ0) is 24.3. The zero-order valence-corrected chi connectivity index (χ0v) is 20.4. The van der Waals surface area contributed by atoms with Crippen LogP contribution in [0.3, 0.4) is 0 Å². The molecule has 182 valence electrons. The molecule has 4 rings (SSSR count). The van der Waals surface area contributed by atoms with Crippen molar-refractivity contribution in [1.29, 1.82) is 0 Å². The number of hydrazone groups is 1. The molecule has 0 aliphatic carbocycles.